The van der Waals surface area contributed by atoms with E-state index in [2.05, 4.69) is 4.99 Å². The largest absolute Gasteiger partial charge is 0.493 e. The lowest BCUT2D eigenvalue weighted by Gasteiger charge is -2.14. The standard InChI is InChI=1S/C28H25ClN2O5S/c1-3-14-31-26(32)25(37-28(31)30-22-11-9-21(29)10-12-22)16-19-6-13-23(24(15-19)35-2)36-17-18-4-7-20(8-5-18)27(33)34/h4-13,15-16H,3,14,17H2,1-2H3,(H,33,34)/b25-16-,30-28?. The van der Waals surface area contributed by atoms with Gasteiger partial charge >= 0.3 is 5.97 Å². The molecule has 1 aliphatic heterocycles. The van der Waals surface area contributed by atoms with Crippen molar-refractivity contribution in [2.75, 3.05) is 13.7 Å². The quantitative estimate of drug-likeness (QED) is 0.308. The van der Waals surface area contributed by atoms with Crippen molar-refractivity contribution >= 4 is 52.2 Å². The molecule has 0 saturated carbocycles. The van der Waals surface area contributed by atoms with Crippen LogP contribution in [-0.4, -0.2) is 40.7 Å². The molecule has 0 aliphatic carbocycles. The molecule has 1 heterocycles. The number of aliphatic imine (C=N–C) groups is 1. The monoisotopic (exact) mass is 536 g/mol. The minimum atomic E-state index is -0.973. The molecule has 0 radical (unpaired) electrons. The number of ether oxygens (including phenoxy) is 2. The molecule has 0 aromatic heterocycles. The average Bonchev–Trinajstić information content (AvgIpc) is 3.18. The van der Waals surface area contributed by atoms with Crippen LogP contribution in [0.1, 0.15) is 34.8 Å². The number of thioether (sulfide) groups is 1. The van der Waals surface area contributed by atoms with E-state index in [4.69, 9.17) is 26.2 Å². The lowest BCUT2D eigenvalue weighted by atomic mass is 10.1. The molecule has 1 N–H and O–H groups in total. The molecule has 0 spiro atoms. The maximum absolute atomic E-state index is 13.1. The molecular formula is C28H25ClN2O5S. The first-order valence-electron chi connectivity index (χ1n) is 11.6. The van der Waals surface area contributed by atoms with Gasteiger partial charge in [0.15, 0.2) is 16.7 Å². The summed E-state index contributed by atoms with van der Waals surface area (Å²) in [5, 5.41) is 10.3. The number of halogens is 1. The van der Waals surface area contributed by atoms with Crippen LogP contribution in [0.2, 0.25) is 5.02 Å². The zero-order valence-electron chi connectivity index (χ0n) is 20.3. The molecule has 3 aromatic rings. The fourth-order valence-electron chi connectivity index (χ4n) is 3.59. The summed E-state index contributed by atoms with van der Waals surface area (Å²) in [5.74, 6) is -0.00927. The zero-order valence-corrected chi connectivity index (χ0v) is 21.9. The Hall–Kier alpha value is -3.75. The second kappa shape index (κ2) is 12.0. The second-order valence-electron chi connectivity index (χ2n) is 8.14. The molecule has 0 atom stereocenters. The van der Waals surface area contributed by atoms with Gasteiger partial charge in [0.1, 0.15) is 6.61 Å². The average molecular weight is 537 g/mol. The summed E-state index contributed by atoms with van der Waals surface area (Å²) in [6.07, 6.45) is 2.62. The Kier molecular flexibility index (Phi) is 8.53. The number of methoxy groups -OCH3 is 1. The Bertz CT molecular complexity index is 1350. The molecule has 1 amide bonds. The summed E-state index contributed by atoms with van der Waals surface area (Å²) in [5.41, 5.74) is 2.56. The Labute approximate surface area is 224 Å². The third-order valence-electron chi connectivity index (χ3n) is 5.47. The number of amides is 1. The van der Waals surface area contributed by atoms with E-state index in [1.54, 1.807) is 42.3 Å². The minimum absolute atomic E-state index is 0.0938. The van der Waals surface area contributed by atoms with Crippen molar-refractivity contribution in [1.29, 1.82) is 0 Å². The van der Waals surface area contributed by atoms with Gasteiger partial charge in [0.05, 0.1) is 23.3 Å². The highest BCUT2D eigenvalue weighted by molar-refractivity contribution is 8.18. The van der Waals surface area contributed by atoms with Crippen LogP contribution in [0.4, 0.5) is 5.69 Å². The van der Waals surface area contributed by atoms with Crippen LogP contribution in [-0.2, 0) is 11.4 Å². The van der Waals surface area contributed by atoms with Gasteiger partial charge < -0.3 is 14.6 Å². The minimum Gasteiger partial charge on any atom is -0.493 e. The topological polar surface area (TPSA) is 88.4 Å². The van der Waals surface area contributed by atoms with E-state index < -0.39 is 5.97 Å². The first-order valence-corrected chi connectivity index (χ1v) is 12.8. The van der Waals surface area contributed by atoms with E-state index in [1.165, 1.54) is 23.9 Å². The maximum atomic E-state index is 13.1. The van der Waals surface area contributed by atoms with Crippen molar-refractivity contribution in [1.82, 2.24) is 4.90 Å². The Morgan fingerprint density at radius 3 is 2.46 bits per heavy atom. The van der Waals surface area contributed by atoms with E-state index in [0.717, 1.165) is 23.2 Å². The highest BCUT2D eigenvalue weighted by Gasteiger charge is 2.32. The van der Waals surface area contributed by atoms with Gasteiger partial charge in [-0.2, -0.15) is 0 Å². The lowest BCUT2D eigenvalue weighted by Crippen LogP contribution is -2.29. The number of aromatic carboxylic acids is 1. The molecule has 0 unspecified atom stereocenters. The van der Waals surface area contributed by atoms with Gasteiger partial charge in [-0.3, -0.25) is 9.69 Å². The maximum Gasteiger partial charge on any atom is 0.335 e. The number of hydrogen-bond donors (Lipinski definition) is 1. The number of hydrogen-bond acceptors (Lipinski definition) is 6. The SMILES string of the molecule is CCCN1C(=O)/C(=C/c2ccc(OCc3ccc(C(=O)O)cc3)c(OC)c2)SC1=Nc1ccc(Cl)cc1. The number of carbonyl (C=O) groups excluding carboxylic acids is 1. The predicted molar refractivity (Wildman–Crippen MR) is 147 cm³/mol. The number of carbonyl (C=O) groups is 2. The van der Waals surface area contributed by atoms with E-state index >= 15 is 0 Å². The van der Waals surface area contributed by atoms with Crippen molar-refractivity contribution in [2.45, 2.75) is 20.0 Å². The second-order valence-corrected chi connectivity index (χ2v) is 9.58. The van der Waals surface area contributed by atoms with Crippen LogP contribution in [0.5, 0.6) is 11.5 Å². The Balaban J connectivity index is 1.52. The summed E-state index contributed by atoms with van der Waals surface area (Å²) in [6, 6.07) is 19.1. The van der Waals surface area contributed by atoms with E-state index in [1.807, 2.05) is 37.3 Å². The molecule has 9 heteroatoms. The third kappa shape index (κ3) is 6.53. The zero-order chi connectivity index (χ0) is 26.4. The van der Waals surface area contributed by atoms with Gasteiger partial charge in [-0.15, -0.1) is 0 Å². The molecule has 7 nitrogen and oxygen atoms in total. The molecule has 1 aliphatic rings. The fraction of sp³-hybridized carbons (Fsp3) is 0.179. The third-order valence-corrected chi connectivity index (χ3v) is 6.73. The summed E-state index contributed by atoms with van der Waals surface area (Å²) < 4.78 is 11.4. The highest BCUT2D eigenvalue weighted by atomic mass is 35.5. The van der Waals surface area contributed by atoms with E-state index in [-0.39, 0.29) is 18.1 Å². The lowest BCUT2D eigenvalue weighted by molar-refractivity contribution is -0.122. The molecule has 37 heavy (non-hydrogen) atoms. The molecule has 3 aromatic carbocycles. The number of amidine groups is 1. The van der Waals surface area contributed by atoms with Crippen LogP contribution in [0, 0.1) is 0 Å². The molecule has 1 saturated heterocycles. The van der Waals surface area contributed by atoms with E-state index in [0.29, 0.717) is 33.1 Å². The Morgan fingerprint density at radius 2 is 1.81 bits per heavy atom. The molecule has 0 bridgehead atoms. The molecular weight excluding hydrogens is 512 g/mol. The predicted octanol–water partition coefficient (Wildman–Crippen LogP) is 6.64. The first-order chi connectivity index (χ1) is 17.9. The van der Waals surface area contributed by atoms with Crippen molar-refractivity contribution < 1.29 is 24.2 Å². The van der Waals surface area contributed by atoms with Gasteiger partial charge in [0.25, 0.3) is 5.91 Å². The first kappa shape index (κ1) is 26.3. The van der Waals surface area contributed by atoms with Crippen molar-refractivity contribution in [3.05, 3.63) is 93.3 Å². The van der Waals surface area contributed by atoms with Crippen LogP contribution < -0.4 is 9.47 Å². The summed E-state index contributed by atoms with van der Waals surface area (Å²) in [7, 11) is 1.55. The molecule has 190 valence electrons. The smallest absolute Gasteiger partial charge is 0.335 e. The summed E-state index contributed by atoms with van der Waals surface area (Å²) >= 11 is 7.31. The number of carboxylic acid groups (broad SMARTS) is 1. The van der Waals surface area contributed by atoms with Crippen LogP contribution in [0.15, 0.2) is 76.6 Å². The highest BCUT2D eigenvalue weighted by Crippen LogP contribution is 2.36. The summed E-state index contributed by atoms with van der Waals surface area (Å²) in [6.45, 7) is 2.84. The molecule has 1 fully saturated rings. The van der Waals surface area contributed by atoms with Gasteiger partial charge in [-0.25, -0.2) is 9.79 Å². The number of benzene rings is 3. The number of nitrogens with zero attached hydrogens (tertiary/aromatic N) is 2. The number of rotatable bonds is 9. The summed E-state index contributed by atoms with van der Waals surface area (Å²) in [4.78, 5) is 31.1. The van der Waals surface area contributed by atoms with Crippen LogP contribution in [0.25, 0.3) is 6.08 Å². The van der Waals surface area contributed by atoms with Gasteiger partial charge in [0.2, 0.25) is 0 Å². The van der Waals surface area contributed by atoms with Crippen molar-refractivity contribution in [2.24, 2.45) is 4.99 Å². The van der Waals surface area contributed by atoms with E-state index in [9.17, 15) is 9.59 Å². The van der Waals surface area contributed by atoms with Crippen LogP contribution in [0.3, 0.4) is 0 Å². The molecule has 4 rings (SSSR count). The van der Waals surface area contributed by atoms with Crippen LogP contribution >= 0.6 is 23.4 Å². The number of carboxylic acids is 1. The van der Waals surface area contributed by atoms with Gasteiger partial charge in [-0.1, -0.05) is 36.7 Å². The fourth-order valence-corrected chi connectivity index (χ4v) is 4.74. The van der Waals surface area contributed by atoms with Gasteiger partial charge in [-0.05, 0) is 83.9 Å². The van der Waals surface area contributed by atoms with Crippen molar-refractivity contribution in [3.8, 4) is 11.5 Å². The normalized spacial score (nSPS) is 15.4. The van der Waals surface area contributed by atoms with Gasteiger partial charge in [0, 0.05) is 11.6 Å². The Morgan fingerprint density at radius 1 is 1.08 bits per heavy atom. The van der Waals surface area contributed by atoms with Crippen molar-refractivity contribution in [3.63, 3.8) is 0 Å².